The van der Waals surface area contributed by atoms with Crippen LogP contribution in [0.5, 0.6) is 11.5 Å². The van der Waals surface area contributed by atoms with E-state index in [4.69, 9.17) is 14.5 Å². The average molecular weight is 511 g/mol. The standard InChI is InChI=1S/C27H32F2N6O2/c1-6-26-22(15-32-34(26)3)25-16-31-23-8-7-18(13-24(23)33-25)35(10-9-30-17-27(2,28)29)19-11-20(36-4)14-21(12-19)37-5/h7-8,11-16,30H,6,9-10,17H2,1-5H3. The maximum atomic E-state index is 13.4. The van der Waals surface area contributed by atoms with Gasteiger partial charge in [-0.3, -0.25) is 9.67 Å². The predicted molar refractivity (Wildman–Crippen MR) is 141 cm³/mol. The van der Waals surface area contributed by atoms with Crippen LogP contribution in [0.2, 0.25) is 0 Å². The number of halogens is 2. The minimum Gasteiger partial charge on any atom is -0.497 e. The highest BCUT2D eigenvalue weighted by Gasteiger charge is 2.21. The molecule has 0 aliphatic heterocycles. The van der Waals surface area contributed by atoms with Crippen molar-refractivity contribution in [1.29, 1.82) is 0 Å². The van der Waals surface area contributed by atoms with Gasteiger partial charge in [-0.15, -0.1) is 0 Å². The largest absolute Gasteiger partial charge is 0.497 e. The van der Waals surface area contributed by atoms with E-state index >= 15 is 0 Å². The first kappa shape index (κ1) is 26.3. The van der Waals surface area contributed by atoms with Crippen LogP contribution in [0.4, 0.5) is 20.2 Å². The zero-order valence-corrected chi connectivity index (χ0v) is 21.8. The number of methoxy groups -OCH3 is 2. The van der Waals surface area contributed by atoms with Gasteiger partial charge in [0.25, 0.3) is 5.92 Å². The molecular formula is C27H32F2N6O2. The molecule has 1 N–H and O–H groups in total. The first-order valence-corrected chi connectivity index (χ1v) is 12.1. The van der Waals surface area contributed by atoms with Crippen LogP contribution in [0, 0.1) is 0 Å². The van der Waals surface area contributed by atoms with Crippen LogP contribution >= 0.6 is 0 Å². The second-order valence-electron chi connectivity index (χ2n) is 8.88. The zero-order chi connectivity index (χ0) is 26.6. The Morgan fingerprint density at radius 2 is 1.73 bits per heavy atom. The van der Waals surface area contributed by atoms with E-state index in [-0.39, 0.29) is 0 Å². The molecule has 0 atom stereocenters. The lowest BCUT2D eigenvalue weighted by molar-refractivity contribution is 0.0231. The van der Waals surface area contributed by atoms with Crippen molar-refractivity contribution in [1.82, 2.24) is 25.1 Å². The third-order valence-corrected chi connectivity index (χ3v) is 6.11. The molecule has 4 rings (SSSR count). The molecule has 8 nitrogen and oxygen atoms in total. The van der Waals surface area contributed by atoms with Crippen molar-refractivity contribution in [2.24, 2.45) is 7.05 Å². The Kier molecular flexibility index (Phi) is 7.87. The molecule has 0 aliphatic carbocycles. The number of aromatic nitrogens is 4. The van der Waals surface area contributed by atoms with Gasteiger partial charge in [-0.25, -0.2) is 13.8 Å². The van der Waals surface area contributed by atoms with E-state index < -0.39 is 12.5 Å². The lowest BCUT2D eigenvalue weighted by atomic mass is 10.1. The van der Waals surface area contributed by atoms with Crippen molar-refractivity contribution < 1.29 is 18.3 Å². The molecule has 10 heteroatoms. The highest BCUT2D eigenvalue weighted by molar-refractivity contribution is 5.83. The van der Waals surface area contributed by atoms with Gasteiger partial charge < -0.3 is 19.7 Å². The summed E-state index contributed by atoms with van der Waals surface area (Å²) in [5.74, 6) is -1.54. The third-order valence-electron chi connectivity index (χ3n) is 6.11. The number of hydrogen-bond donors (Lipinski definition) is 1. The molecule has 0 saturated heterocycles. The number of nitrogens with zero attached hydrogens (tertiary/aromatic N) is 5. The molecule has 0 fully saturated rings. The fourth-order valence-electron chi connectivity index (χ4n) is 4.25. The normalized spacial score (nSPS) is 11.6. The summed E-state index contributed by atoms with van der Waals surface area (Å²) >= 11 is 0. The number of nitrogens with one attached hydrogen (secondary N) is 1. The molecule has 0 saturated carbocycles. The topological polar surface area (TPSA) is 77.3 Å². The summed E-state index contributed by atoms with van der Waals surface area (Å²) in [6, 6.07) is 11.4. The summed E-state index contributed by atoms with van der Waals surface area (Å²) < 4.78 is 39.5. The number of ether oxygens (including phenoxy) is 2. The number of fused-ring (bicyclic) bond motifs is 1. The lowest BCUT2D eigenvalue weighted by Gasteiger charge is -2.26. The molecule has 0 unspecified atom stereocenters. The van der Waals surface area contributed by atoms with Crippen LogP contribution in [-0.4, -0.2) is 59.5 Å². The summed E-state index contributed by atoms with van der Waals surface area (Å²) in [6.45, 7) is 3.34. The number of alkyl halides is 2. The fourth-order valence-corrected chi connectivity index (χ4v) is 4.25. The van der Waals surface area contributed by atoms with E-state index in [9.17, 15) is 8.78 Å². The molecule has 2 aromatic heterocycles. The Hall–Kier alpha value is -3.79. The SMILES string of the molecule is CCc1c(-c2cnc3ccc(N(CCNCC(C)(F)F)c4cc(OC)cc(OC)c4)cc3n2)cnn1C. The monoisotopic (exact) mass is 510 g/mol. The zero-order valence-electron chi connectivity index (χ0n) is 21.8. The van der Waals surface area contributed by atoms with Gasteiger partial charge >= 0.3 is 0 Å². The highest BCUT2D eigenvalue weighted by atomic mass is 19.3. The number of rotatable bonds is 11. The average Bonchev–Trinajstić information content (AvgIpc) is 3.27. The van der Waals surface area contributed by atoms with Crippen molar-refractivity contribution in [3.05, 3.63) is 54.5 Å². The first-order chi connectivity index (χ1) is 17.7. The molecule has 37 heavy (non-hydrogen) atoms. The molecule has 0 bridgehead atoms. The summed E-state index contributed by atoms with van der Waals surface area (Å²) in [5.41, 5.74) is 5.87. The smallest absolute Gasteiger partial charge is 0.257 e. The molecule has 0 aliphatic rings. The minimum absolute atomic E-state index is 0.336. The first-order valence-electron chi connectivity index (χ1n) is 12.1. The predicted octanol–water partition coefficient (Wildman–Crippen LogP) is 4.99. The highest BCUT2D eigenvalue weighted by Crippen LogP contribution is 2.34. The fraction of sp³-hybridized carbons (Fsp3) is 0.370. The van der Waals surface area contributed by atoms with E-state index in [0.717, 1.165) is 47.2 Å². The molecule has 4 aromatic rings. The number of benzene rings is 2. The summed E-state index contributed by atoms with van der Waals surface area (Å²) in [7, 11) is 5.09. The lowest BCUT2D eigenvalue weighted by Crippen LogP contribution is -2.35. The number of anilines is 2. The molecule has 196 valence electrons. The van der Waals surface area contributed by atoms with Crippen molar-refractivity contribution in [2.75, 3.05) is 38.8 Å². The second-order valence-corrected chi connectivity index (χ2v) is 8.88. The number of hydrogen-bond acceptors (Lipinski definition) is 7. The van der Waals surface area contributed by atoms with Crippen molar-refractivity contribution >= 4 is 22.4 Å². The summed E-state index contributed by atoms with van der Waals surface area (Å²) in [4.78, 5) is 11.5. The Morgan fingerprint density at radius 1 is 1.00 bits per heavy atom. The van der Waals surface area contributed by atoms with E-state index in [1.165, 1.54) is 0 Å². The van der Waals surface area contributed by atoms with Gasteiger partial charge in [-0.05, 0) is 24.6 Å². The van der Waals surface area contributed by atoms with E-state index in [2.05, 4.69) is 22.3 Å². The van der Waals surface area contributed by atoms with Gasteiger partial charge in [0.05, 0.1) is 49.9 Å². The van der Waals surface area contributed by atoms with Crippen LogP contribution in [-0.2, 0) is 13.5 Å². The van der Waals surface area contributed by atoms with Gasteiger partial charge in [-0.1, -0.05) is 6.92 Å². The molecular weight excluding hydrogens is 478 g/mol. The minimum atomic E-state index is -2.79. The van der Waals surface area contributed by atoms with Gasteiger partial charge in [-0.2, -0.15) is 5.10 Å². The van der Waals surface area contributed by atoms with Crippen LogP contribution in [0.3, 0.4) is 0 Å². The van der Waals surface area contributed by atoms with Crippen LogP contribution in [0.15, 0.2) is 48.8 Å². The Bertz CT molecular complexity index is 1350. The Balaban J connectivity index is 1.74. The molecule has 0 spiro atoms. The second kappa shape index (κ2) is 11.1. The molecule has 0 radical (unpaired) electrons. The van der Waals surface area contributed by atoms with Crippen molar-refractivity contribution in [3.63, 3.8) is 0 Å². The van der Waals surface area contributed by atoms with Gasteiger partial charge in [0.1, 0.15) is 11.5 Å². The third kappa shape index (κ3) is 6.14. The van der Waals surface area contributed by atoms with Gasteiger partial charge in [0.2, 0.25) is 0 Å². The van der Waals surface area contributed by atoms with Crippen molar-refractivity contribution in [3.8, 4) is 22.8 Å². The molecule has 2 heterocycles. The van der Waals surface area contributed by atoms with Crippen molar-refractivity contribution in [2.45, 2.75) is 26.2 Å². The Labute approximate surface area is 215 Å². The van der Waals surface area contributed by atoms with Gasteiger partial charge in [0, 0.05) is 67.9 Å². The van der Waals surface area contributed by atoms with Crippen LogP contribution in [0.25, 0.3) is 22.3 Å². The Morgan fingerprint density at radius 3 is 2.38 bits per heavy atom. The maximum absolute atomic E-state index is 13.4. The van der Waals surface area contributed by atoms with Gasteiger partial charge in [0.15, 0.2) is 0 Å². The number of aryl methyl sites for hydroxylation is 1. The van der Waals surface area contributed by atoms with Crippen LogP contribution in [0.1, 0.15) is 19.5 Å². The maximum Gasteiger partial charge on any atom is 0.257 e. The molecule has 2 aromatic carbocycles. The van der Waals surface area contributed by atoms with E-state index in [1.807, 2.05) is 53.2 Å². The van der Waals surface area contributed by atoms with E-state index in [1.54, 1.807) is 26.5 Å². The molecule has 0 amide bonds. The summed E-state index contributed by atoms with van der Waals surface area (Å²) in [6.07, 6.45) is 4.39. The van der Waals surface area contributed by atoms with Crippen LogP contribution < -0.4 is 19.7 Å². The van der Waals surface area contributed by atoms with E-state index in [0.29, 0.717) is 30.1 Å². The quantitative estimate of drug-likeness (QED) is 0.285. The summed E-state index contributed by atoms with van der Waals surface area (Å²) in [5, 5.41) is 7.22.